The number of piperidine rings is 2. The minimum absolute atomic E-state index is 0.139. The number of amides is 1. The van der Waals surface area contributed by atoms with Gasteiger partial charge in [0.05, 0.1) is 7.11 Å². The Morgan fingerprint density at radius 3 is 2.61 bits per heavy atom. The van der Waals surface area contributed by atoms with Crippen LogP contribution in [0.2, 0.25) is 0 Å². The number of benzene rings is 2. The number of halogens is 1. The summed E-state index contributed by atoms with van der Waals surface area (Å²) < 4.78 is 18.9. The monoisotopic (exact) mass is 382 g/mol. The highest BCUT2D eigenvalue weighted by Gasteiger charge is 2.38. The van der Waals surface area contributed by atoms with E-state index in [9.17, 15) is 9.18 Å². The van der Waals surface area contributed by atoms with E-state index in [1.165, 1.54) is 24.1 Å². The molecule has 0 aromatic heterocycles. The van der Waals surface area contributed by atoms with Crippen molar-refractivity contribution in [1.29, 1.82) is 0 Å². The van der Waals surface area contributed by atoms with Crippen LogP contribution in [0.1, 0.15) is 48.0 Å². The van der Waals surface area contributed by atoms with Crippen molar-refractivity contribution in [3.05, 3.63) is 65.5 Å². The maximum Gasteiger partial charge on any atom is 0.251 e. The Hall–Kier alpha value is -2.40. The molecule has 0 aliphatic carbocycles. The van der Waals surface area contributed by atoms with Crippen LogP contribution >= 0.6 is 0 Å². The number of carbonyl (C=O) groups excluding carboxylic acids is 1. The molecule has 1 amide bonds. The number of rotatable bonds is 5. The second-order valence-corrected chi connectivity index (χ2v) is 7.87. The van der Waals surface area contributed by atoms with Crippen LogP contribution in [0.5, 0.6) is 5.75 Å². The van der Waals surface area contributed by atoms with Gasteiger partial charge in [0.2, 0.25) is 0 Å². The number of para-hydroxylation sites is 1. The fourth-order valence-electron chi connectivity index (χ4n) is 4.78. The number of ether oxygens (including phenoxy) is 1. The van der Waals surface area contributed by atoms with E-state index in [2.05, 4.69) is 22.3 Å². The quantitative estimate of drug-likeness (QED) is 0.845. The first-order chi connectivity index (χ1) is 13.6. The van der Waals surface area contributed by atoms with Crippen molar-refractivity contribution in [1.82, 2.24) is 10.2 Å². The molecule has 2 aromatic carbocycles. The smallest absolute Gasteiger partial charge is 0.251 e. The van der Waals surface area contributed by atoms with Gasteiger partial charge in [-0.1, -0.05) is 30.7 Å². The van der Waals surface area contributed by atoms with Crippen LogP contribution in [0.15, 0.2) is 48.5 Å². The van der Waals surface area contributed by atoms with Gasteiger partial charge in [-0.25, -0.2) is 4.39 Å². The lowest BCUT2D eigenvalue weighted by atomic mass is 9.81. The molecule has 5 heteroatoms. The summed E-state index contributed by atoms with van der Waals surface area (Å²) in [6.07, 6.45) is 5.41. The largest absolute Gasteiger partial charge is 0.496 e. The Kier molecular flexibility index (Phi) is 5.62. The van der Waals surface area contributed by atoms with Gasteiger partial charge in [0, 0.05) is 35.8 Å². The molecule has 2 saturated heterocycles. The minimum atomic E-state index is -0.379. The molecular formula is C23H27FN2O2. The zero-order chi connectivity index (χ0) is 19.5. The molecule has 2 bridgehead atoms. The van der Waals surface area contributed by atoms with Gasteiger partial charge in [-0.15, -0.1) is 0 Å². The summed E-state index contributed by atoms with van der Waals surface area (Å²) in [6.45, 7) is 0.879. The van der Waals surface area contributed by atoms with Gasteiger partial charge in [-0.3, -0.25) is 9.69 Å². The van der Waals surface area contributed by atoms with Gasteiger partial charge in [0.15, 0.2) is 0 Å². The summed E-state index contributed by atoms with van der Waals surface area (Å²) in [6, 6.07) is 15.1. The number of fused-ring (bicyclic) bond motifs is 2. The molecule has 3 atom stereocenters. The maximum absolute atomic E-state index is 13.4. The topological polar surface area (TPSA) is 41.6 Å². The lowest BCUT2D eigenvalue weighted by molar-refractivity contribution is 0.0172. The number of hydrogen-bond acceptors (Lipinski definition) is 3. The van der Waals surface area contributed by atoms with E-state index in [0.29, 0.717) is 17.6 Å². The Labute approximate surface area is 165 Å². The molecule has 2 heterocycles. The number of carbonyl (C=O) groups is 1. The van der Waals surface area contributed by atoms with Crippen LogP contribution in [0.3, 0.4) is 0 Å². The predicted octanol–water partition coefficient (Wildman–Crippen LogP) is 4.15. The lowest BCUT2D eigenvalue weighted by Crippen LogP contribution is -2.56. The van der Waals surface area contributed by atoms with E-state index < -0.39 is 0 Å². The fraction of sp³-hybridized carbons (Fsp3) is 0.435. The number of methoxy groups -OCH3 is 1. The van der Waals surface area contributed by atoms with Crippen LogP contribution in [0.4, 0.5) is 4.39 Å². The first-order valence-corrected chi connectivity index (χ1v) is 10.1. The molecule has 0 radical (unpaired) electrons. The Morgan fingerprint density at radius 2 is 1.89 bits per heavy atom. The molecule has 2 fully saturated rings. The second kappa shape index (κ2) is 8.31. The molecule has 1 unspecified atom stereocenters. The third-order valence-corrected chi connectivity index (χ3v) is 6.09. The number of nitrogens with zero attached hydrogens (tertiary/aromatic N) is 1. The Bertz CT molecular complexity index is 827. The van der Waals surface area contributed by atoms with Crippen molar-refractivity contribution in [2.45, 2.75) is 56.8 Å². The Morgan fingerprint density at radius 1 is 1.14 bits per heavy atom. The highest BCUT2D eigenvalue weighted by atomic mass is 19.1. The Balaban J connectivity index is 1.44. The van der Waals surface area contributed by atoms with Crippen molar-refractivity contribution in [3.8, 4) is 5.75 Å². The van der Waals surface area contributed by atoms with Gasteiger partial charge in [0.1, 0.15) is 11.6 Å². The molecule has 0 spiro atoms. The summed E-state index contributed by atoms with van der Waals surface area (Å²) >= 11 is 0. The predicted molar refractivity (Wildman–Crippen MR) is 107 cm³/mol. The highest BCUT2D eigenvalue weighted by Crippen LogP contribution is 2.36. The standard InChI is InChI=1S/C23H27FN2O2/c1-28-22-11-3-2-6-17(22)15-26-20-9-5-10-21(26)14-19(13-20)25-23(27)16-7-4-8-18(24)12-16/h2-4,6-8,11-12,19-21H,5,9-10,13-15H2,1H3,(H,25,27)/t19?,20-,21+. The number of hydrogen-bond donors (Lipinski definition) is 1. The molecule has 2 aliphatic heterocycles. The van der Waals surface area contributed by atoms with Crippen LogP contribution in [0, 0.1) is 5.82 Å². The summed E-state index contributed by atoms with van der Waals surface area (Å²) in [5, 5.41) is 3.14. The average molecular weight is 382 g/mol. The third-order valence-electron chi connectivity index (χ3n) is 6.09. The van der Waals surface area contributed by atoms with Gasteiger partial charge >= 0.3 is 0 Å². The molecule has 2 aromatic rings. The maximum atomic E-state index is 13.4. The van der Waals surface area contributed by atoms with E-state index in [4.69, 9.17) is 4.74 Å². The average Bonchev–Trinajstić information content (AvgIpc) is 2.69. The molecule has 148 valence electrons. The zero-order valence-corrected chi connectivity index (χ0v) is 16.2. The third kappa shape index (κ3) is 4.04. The van der Waals surface area contributed by atoms with Crippen molar-refractivity contribution in [2.24, 2.45) is 0 Å². The molecule has 28 heavy (non-hydrogen) atoms. The van der Waals surface area contributed by atoms with E-state index >= 15 is 0 Å². The highest BCUT2D eigenvalue weighted by molar-refractivity contribution is 5.94. The van der Waals surface area contributed by atoms with Crippen LogP contribution in [-0.4, -0.2) is 36.0 Å². The zero-order valence-electron chi connectivity index (χ0n) is 16.2. The van der Waals surface area contributed by atoms with E-state index in [0.717, 1.165) is 38.0 Å². The summed E-state index contributed by atoms with van der Waals surface area (Å²) in [4.78, 5) is 15.1. The molecule has 2 aliphatic rings. The minimum Gasteiger partial charge on any atom is -0.496 e. The van der Waals surface area contributed by atoms with Crippen molar-refractivity contribution in [3.63, 3.8) is 0 Å². The summed E-state index contributed by atoms with van der Waals surface area (Å²) in [7, 11) is 1.72. The first kappa shape index (κ1) is 18.9. The van der Waals surface area contributed by atoms with Crippen LogP contribution < -0.4 is 10.1 Å². The van der Waals surface area contributed by atoms with Gasteiger partial charge in [0.25, 0.3) is 5.91 Å². The molecular weight excluding hydrogens is 355 g/mol. The fourth-order valence-corrected chi connectivity index (χ4v) is 4.78. The molecule has 0 saturated carbocycles. The van der Waals surface area contributed by atoms with Gasteiger partial charge in [-0.05, 0) is 49.9 Å². The molecule has 4 rings (SSSR count). The molecule has 4 nitrogen and oxygen atoms in total. The molecule has 1 N–H and O–H groups in total. The summed E-state index contributed by atoms with van der Waals surface area (Å²) in [5.41, 5.74) is 1.60. The summed E-state index contributed by atoms with van der Waals surface area (Å²) in [5.74, 6) is 0.374. The lowest BCUT2D eigenvalue weighted by Gasteiger charge is -2.49. The van der Waals surface area contributed by atoms with Crippen LogP contribution in [0.25, 0.3) is 0 Å². The first-order valence-electron chi connectivity index (χ1n) is 10.1. The van der Waals surface area contributed by atoms with E-state index in [1.807, 2.05) is 12.1 Å². The van der Waals surface area contributed by atoms with Crippen LogP contribution in [-0.2, 0) is 6.54 Å². The SMILES string of the molecule is COc1ccccc1CN1[C@@H]2CCC[C@H]1CC(NC(=O)c1cccc(F)c1)C2. The normalized spacial score (nSPS) is 24.6. The van der Waals surface area contributed by atoms with Gasteiger partial charge < -0.3 is 10.1 Å². The van der Waals surface area contributed by atoms with E-state index in [1.54, 1.807) is 19.2 Å². The van der Waals surface area contributed by atoms with Gasteiger partial charge in [-0.2, -0.15) is 0 Å². The number of nitrogens with one attached hydrogen (secondary N) is 1. The van der Waals surface area contributed by atoms with Crippen molar-refractivity contribution < 1.29 is 13.9 Å². The second-order valence-electron chi connectivity index (χ2n) is 7.87. The van der Waals surface area contributed by atoms with Crippen molar-refractivity contribution in [2.75, 3.05) is 7.11 Å². The van der Waals surface area contributed by atoms with Crippen molar-refractivity contribution >= 4 is 5.91 Å². The van der Waals surface area contributed by atoms with E-state index in [-0.39, 0.29) is 17.8 Å².